The lowest BCUT2D eigenvalue weighted by Gasteiger charge is -2.33. The molecule has 0 unspecified atom stereocenters. The minimum absolute atomic E-state index is 0.0162. The number of rotatable bonds is 12. The van der Waals surface area contributed by atoms with E-state index < -0.39 is 16.1 Å². The van der Waals surface area contributed by atoms with E-state index in [-0.39, 0.29) is 55.1 Å². The van der Waals surface area contributed by atoms with Gasteiger partial charge in [-0.3, -0.25) is 13.9 Å². The van der Waals surface area contributed by atoms with Crippen LogP contribution >= 0.6 is 23.2 Å². The van der Waals surface area contributed by atoms with E-state index in [1.165, 1.54) is 9.21 Å². The number of hydrogen-bond acceptors (Lipinski definition) is 4. The highest BCUT2D eigenvalue weighted by Crippen LogP contribution is 2.42. The first-order chi connectivity index (χ1) is 21.1. The zero-order valence-corrected chi connectivity index (χ0v) is 27.0. The van der Waals surface area contributed by atoms with E-state index in [1.54, 1.807) is 36.4 Å². The first-order valence-electron chi connectivity index (χ1n) is 14.7. The van der Waals surface area contributed by atoms with Crippen LogP contribution in [0.5, 0.6) is 0 Å². The summed E-state index contributed by atoms with van der Waals surface area (Å²) in [6, 6.07) is 24.5. The number of nitrogens with zero attached hydrogens (tertiary/aromatic N) is 2. The van der Waals surface area contributed by atoms with Crippen molar-refractivity contribution < 1.29 is 18.0 Å². The summed E-state index contributed by atoms with van der Waals surface area (Å²) in [7, 11) is -3.75. The molecular formula is C34H35Cl2N3O4S. The highest BCUT2D eigenvalue weighted by Gasteiger charge is 2.36. The van der Waals surface area contributed by atoms with Crippen molar-refractivity contribution >= 4 is 61.5 Å². The molecule has 7 nitrogen and oxygen atoms in total. The topological polar surface area (TPSA) is 86.8 Å². The van der Waals surface area contributed by atoms with Crippen LogP contribution in [0.15, 0.2) is 89.8 Å². The normalized spacial score (nSPS) is 14.8. The van der Waals surface area contributed by atoms with Crippen LogP contribution in [0.3, 0.4) is 0 Å². The summed E-state index contributed by atoms with van der Waals surface area (Å²) in [6.45, 7) is 4.04. The van der Waals surface area contributed by atoms with Gasteiger partial charge in [0, 0.05) is 53.0 Å². The fraction of sp³-hybridized carbons (Fsp3) is 0.294. The van der Waals surface area contributed by atoms with Crippen molar-refractivity contribution in [2.75, 3.05) is 10.8 Å². The average Bonchev–Trinajstić information content (AvgIpc) is 3.23. The van der Waals surface area contributed by atoms with Crippen molar-refractivity contribution in [2.24, 2.45) is 0 Å². The Hall–Kier alpha value is -3.59. The fourth-order valence-electron chi connectivity index (χ4n) is 5.57. The summed E-state index contributed by atoms with van der Waals surface area (Å²) in [4.78, 5) is 29.7. The molecule has 1 aliphatic heterocycles. The van der Waals surface area contributed by atoms with E-state index in [1.807, 2.05) is 62.4 Å². The second-order valence-electron chi connectivity index (χ2n) is 11.1. The number of halogens is 2. The molecular weight excluding hydrogens is 617 g/mol. The van der Waals surface area contributed by atoms with Gasteiger partial charge in [0.05, 0.1) is 10.6 Å². The molecule has 0 aromatic heterocycles. The van der Waals surface area contributed by atoms with Crippen LogP contribution in [0.2, 0.25) is 10.0 Å². The molecule has 1 N–H and O–H groups in total. The summed E-state index contributed by atoms with van der Waals surface area (Å²) in [5.41, 5.74) is 2.05. The molecule has 0 saturated heterocycles. The quantitative estimate of drug-likeness (QED) is 0.179. The molecule has 0 spiro atoms. The van der Waals surface area contributed by atoms with Crippen molar-refractivity contribution in [2.45, 2.75) is 63.1 Å². The maximum Gasteiger partial charge on any atom is 0.265 e. The maximum absolute atomic E-state index is 14.1. The standard InChI is InChI=1S/C34H35Cl2N3O4S/c1-3-23(2)37-34(41)30(21-24-11-5-4-6-12-24)38(22-26-27(35)15-9-16-28(26)36)32(40)19-10-20-39-29-17-7-13-25-14-8-18-31(33(25)29)44(39,42)43/h4-9,11-18,23,30H,3,10,19-22H2,1-2H3,(H,37,41)/t23-,30+/m0/s1. The number of nitrogens with one attached hydrogen (secondary N) is 1. The molecule has 0 bridgehead atoms. The van der Waals surface area contributed by atoms with Gasteiger partial charge in [-0.05, 0) is 55.0 Å². The molecule has 4 aromatic rings. The van der Waals surface area contributed by atoms with Crippen LogP contribution in [-0.2, 0) is 32.6 Å². The molecule has 0 fully saturated rings. The lowest BCUT2D eigenvalue weighted by molar-refractivity contribution is -0.141. The van der Waals surface area contributed by atoms with Crippen molar-refractivity contribution in [3.63, 3.8) is 0 Å². The van der Waals surface area contributed by atoms with Crippen molar-refractivity contribution in [3.8, 4) is 0 Å². The molecule has 0 radical (unpaired) electrons. The third-order valence-corrected chi connectivity index (χ3v) is 10.7. The van der Waals surface area contributed by atoms with Gasteiger partial charge in [-0.25, -0.2) is 8.42 Å². The summed E-state index contributed by atoms with van der Waals surface area (Å²) >= 11 is 13.1. The number of benzene rings is 4. The van der Waals surface area contributed by atoms with E-state index in [2.05, 4.69) is 5.32 Å². The lowest BCUT2D eigenvalue weighted by atomic mass is 10.0. The van der Waals surface area contributed by atoms with Crippen molar-refractivity contribution in [1.82, 2.24) is 10.2 Å². The molecule has 0 saturated carbocycles. The largest absolute Gasteiger partial charge is 0.352 e. The third kappa shape index (κ3) is 6.58. The molecule has 230 valence electrons. The molecule has 0 aliphatic carbocycles. The molecule has 10 heteroatoms. The number of anilines is 1. The minimum Gasteiger partial charge on any atom is -0.352 e. The van der Waals surface area contributed by atoms with Gasteiger partial charge in [0.15, 0.2) is 0 Å². The number of amides is 2. The first-order valence-corrected chi connectivity index (χ1v) is 16.9. The van der Waals surface area contributed by atoms with E-state index in [4.69, 9.17) is 23.2 Å². The number of sulfonamides is 1. The Morgan fingerprint density at radius 3 is 2.25 bits per heavy atom. The third-order valence-electron chi connectivity index (χ3n) is 8.10. The number of carbonyl (C=O) groups is 2. The van der Waals surface area contributed by atoms with Crippen LogP contribution in [0.4, 0.5) is 5.69 Å². The summed E-state index contributed by atoms with van der Waals surface area (Å²) in [6.07, 6.45) is 1.28. The lowest BCUT2D eigenvalue weighted by Crippen LogP contribution is -2.52. The van der Waals surface area contributed by atoms with E-state index in [0.717, 1.165) is 17.4 Å². The molecule has 5 rings (SSSR count). The highest BCUT2D eigenvalue weighted by molar-refractivity contribution is 7.93. The molecule has 44 heavy (non-hydrogen) atoms. The second kappa shape index (κ2) is 13.6. The first kappa shape index (κ1) is 31.8. The Kier molecular flexibility index (Phi) is 9.83. The van der Waals surface area contributed by atoms with E-state index in [9.17, 15) is 18.0 Å². The van der Waals surface area contributed by atoms with Gasteiger partial charge in [0.1, 0.15) is 6.04 Å². The number of carbonyl (C=O) groups excluding carboxylic acids is 2. The minimum atomic E-state index is -3.75. The monoisotopic (exact) mass is 651 g/mol. The zero-order chi connectivity index (χ0) is 31.4. The van der Waals surface area contributed by atoms with Gasteiger partial charge in [-0.2, -0.15) is 0 Å². The smallest absolute Gasteiger partial charge is 0.265 e. The Balaban J connectivity index is 1.43. The summed E-state index contributed by atoms with van der Waals surface area (Å²) in [5.74, 6) is -0.572. The maximum atomic E-state index is 14.1. The van der Waals surface area contributed by atoms with Gasteiger partial charge in [-0.15, -0.1) is 0 Å². The zero-order valence-electron chi connectivity index (χ0n) is 24.7. The van der Waals surface area contributed by atoms with Crippen LogP contribution in [0.1, 0.15) is 44.2 Å². The van der Waals surface area contributed by atoms with E-state index >= 15 is 0 Å². The SMILES string of the molecule is CC[C@H](C)NC(=O)[C@@H](Cc1ccccc1)N(Cc1c(Cl)cccc1Cl)C(=O)CCCN1c2cccc3cccc(c23)S1(=O)=O. The predicted octanol–water partition coefficient (Wildman–Crippen LogP) is 6.99. The Morgan fingerprint density at radius 1 is 0.909 bits per heavy atom. The predicted molar refractivity (Wildman–Crippen MR) is 177 cm³/mol. The molecule has 1 heterocycles. The van der Waals surface area contributed by atoms with Crippen molar-refractivity contribution in [3.05, 3.63) is 106 Å². The molecule has 1 aliphatic rings. The second-order valence-corrected chi connectivity index (χ2v) is 13.7. The summed E-state index contributed by atoms with van der Waals surface area (Å²) in [5, 5.41) is 5.38. The molecule has 2 amide bonds. The van der Waals surface area contributed by atoms with Gasteiger partial charge >= 0.3 is 0 Å². The van der Waals surface area contributed by atoms with Crippen molar-refractivity contribution in [1.29, 1.82) is 0 Å². The molecule has 4 aromatic carbocycles. The fourth-order valence-corrected chi connectivity index (χ4v) is 7.83. The van der Waals surface area contributed by atoms with Gasteiger partial charge in [-0.1, -0.05) is 90.8 Å². The van der Waals surface area contributed by atoms with Crippen LogP contribution in [0.25, 0.3) is 10.8 Å². The van der Waals surface area contributed by atoms with Gasteiger partial charge in [0.2, 0.25) is 11.8 Å². The summed E-state index contributed by atoms with van der Waals surface area (Å²) < 4.78 is 28.3. The Labute approximate surface area is 268 Å². The Bertz CT molecular complexity index is 1760. The van der Waals surface area contributed by atoms with Crippen LogP contribution in [0, 0.1) is 0 Å². The molecule has 2 atom stereocenters. The van der Waals surface area contributed by atoms with Gasteiger partial charge in [0.25, 0.3) is 10.0 Å². The van der Waals surface area contributed by atoms with Crippen LogP contribution < -0.4 is 9.62 Å². The van der Waals surface area contributed by atoms with Crippen LogP contribution in [-0.4, -0.2) is 43.8 Å². The number of hydrogen-bond donors (Lipinski definition) is 1. The average molecular weight is 653 g/mol. The highest BCUT2D eigenvalue weighted by atomic mass is 35.5. The van der Waals surface area contributed by atoms with Gasteiger partial charge < -0.3 is 10.2 Å². The Morgan fingerprint density at radius 2 is 1.57 bits per heavy atom. The van der Waals surface area contributed by atoms with E-state index in [0.29, 0.717) is 26.7 Å².